The van der Waals surface area contributed by atoms with Crippen molar-refractivity contribution in [3.05, 3.63) is 106 Å². The minimum Gasteiger partial charge on any atom is -0.748 e. The number of quaternary nitrogens is 1. The Morgan fingerprint density at radius 3 is 2.21 bits per heavy atom. The summed E-state index contributed by atoms with van der Waals surface area (Å²) in [6.45, 7) is 9.91. The van der Waals surface area contributed by atoms with E-state index in [0.717, 1.165) is 39.9 Å². The number of allylic oxidation sites excluding steroid dienone is 10. The molecule has 1 fully saturated rings. The number of unbranched alkanes of at least 4 members (excludes halogenated alkanes) is 1. The van der Waals surface area contributed by atoms with E-state index in [1.54, 1.807) is 18.2 Å². The largest absolute Gasteiger partial charge is 1.00 e. The van der Waals surface area contributed by atoms with Crippen molar-refractivity contribution in [2.75, 3.05) is 12.3 Å². The average molecular weight is 938 g/mol. The minimum atomic E-state index is -4.80. The molecule has 5 rings (SSSR count). The maximum absolute atomic E-state index is 12.7. The number of nitrogens with zero attached hydrogens (tertiary/aromatic N) is 1. The molecule has 57 heavy (non-hydrogen) atoms. The monoisotopic (exact) mass is 937 g/mol. The predicted molar refractivity (Wildman–Crippen MR) is 200 cm³/mol. The topological polar surface area (TPSA) is 213 Å². The van der Waals surface area contributed by atoms with Crippen LogP contribution in [0.5, 0.6) is 0 Å². The van der Waals surface area contributed by atoms with Crippen LogP contribution >= 0.6 is 12.0 Å². The molecule has 0 saturated carbocycles. The molecule has 1 spiro atoms. The number of hydrogen-bond acceptors (Lipinski definition) is 13. The van der Waals surface area contributed by atoms with Crippen molar-refractivity contribution >= 4 is 53.7 Å². The Labute approximate surface area is 468 Å². The van der Waals surface area contributed by atoms with Gasteiger partial charge < -0.3 is 18.9 Å². The predicted octanol–water partition coefficient (Wildman–Crippen LogP) is -3.50. The molecule has 0 N–H and O–H groups in total. The van der Waals surface area contributed by atoms with E-state index in [1.807, 2.05) is 71.1 Å². The third-order valence-electron chi connectivity index (χ3n) is 10.7. The van der Waals surface area contributed by atoms with Gasteiger partial charge in [0.05, 0.1) is 39.0 Å². The van der Waals surface area contributed by atoms with E-state index < -0.39 is 57.2 Å². The maximum atomic E-state index is 12.7. The van der Waals surface area contributed by atoms with Crippen LogP contribution in [0.2, 0.25) is 0 Å². The zero-order chi connectivity index (χ0) is 39.9. The molecular formula is C37H42K3NO12S4. The summed E-state index contributed by atoms with van der Waals surface area (Å²) in [5, 5.41) is 12.6. The zero-order valence-electron chi connectivity index (χ0n) is 33.4. The average Bonchev–Trinajstić information content (AvgIpc) is 3.66. The van der Waals surface area contributed by atoms with Crippen molar-refractivity contribution < 1.29 is 208 Å². The van der Waals surface area contributed by atoms with Gasteiger partial charge in [-0.25, -0.2) is 29.7 Å². The summed E-state index contributed by atoms with van der Waals surface area (Å²) < 4.78 is 112. The molecule has 2 aliphatic heterocycles. The van der Waals surface area contributed by atoms with Gasteiger partial charge in [0.2, 0.25) is 0 Å². The van der Waals surface area contributed by atoms with E-state index in [-0.39, 0.29) is 171 Å². The summed E-state index contributed by atoms with van der Waals surface area (Å²) >= 11 is 0.780. The molecule has 13 nitrogen and oxygen atoms in total. The Morgan fingerprint density at radius 2 is 1.60 bits per heavy atom. The molecule has 0 bridgehead atoms. The van der Waals surface area contributed by atoms with E-state index in [4.69, 9.17) is 0 Å². The number of fused-ring (bicyclic) bond motifs is 3. The summed E-state index contributed by atoms with van der Waals surface area (Å²) in [7, 11) is -13.9. The summed E-state index contributed by atoms with van der Waals surface area (Å²) in [6.07, 6.45) is 12.9. The molecule has 0 radical (unpaired) electrons. The molecule has 2 unspecified atom stereocenters. The zero-order valence-corrected chi connectivity index (χ0v) is 46.1. The minimum absolute atomic E-state index is 0. The van der Waals surface area contributed by atoms with Crippen LogP contribution < -0.4 is 164 Å². The number of hydrogen-bond donors (Lipinski definition) is 0. The van der Waals surface area contributed by atoms with Gasteiger partial charge in [-0.2, -0.15) is 4.33 Å². The fraction of sp³-hybridized carbons (Fsp3) is 0.405. The smallest absolute Gasteiger partial charge is 0.748 e. The van der Waals surface area contributed by atoms with Crippen LogP contribution in [0.15, 0.2) is 99.5 Å². The fourth-order valence-electron chi connectivity index (χ4n) is 8.30. The van der Waals surface area contributed by atoms with Crippen molar-refractivity contribution in [1.82, 2.24) is 4.48 Å². The fourth-order valence-corrected chi connectivity index (χ4v) is 11.0. The Morgan fingerprint density at radius 1 is 0.912 bits per heavy atom. The Bertz CT molecular complexity index is 2320. The SMILES string of the molecule is CC(C=C/C=C1\C(C)(C)c2cc(S(=O)(=O)[O-])ccc2[N+]12CCCC2S(=O)(=O)[O-])=CC=CC1=C(CCCCS(=O)(=O)[O-])c2ccc(SOO[O-])cc2C1(C)C.[K+].[K+].[K+]. The quantitative estimate of drug-likeness (QED) is 0.0264. The third kappa shape index (κ3) is 12.4. The second-order valence-electron chi connectivity index (χ2n) is 14.8. The van der Waals surface area contributed by atoms with Gasteiger partial charge in [-0.05, 0) is 92.6 Å². The second-order valence-corrected chi connectivity index (χ2v) is 20.0. The van der Waals surface area contributed by atoms with E-state index in [9.17, 15) is 44.2 Å². The van der Waals surface area contributed by atoms with Gasteiger partial charge in [-0.3, -0.25) is 5.04 Å². The number of rotatable bonds is 14. The summed E-state index contributed by atoms with van der Waals surface area (Å²) in [6, 6.07) is 9.51. The normalized spacial score (nSPS) is 22.2. The first-order valence-corrected chi connectivity index (χ1v) is 22.4. The first-order chi connectivity index (χ1) is 25.0. The molecule has 2 aromatic carbocycles. The summed E-state index contributed by atoms with van der Waals surface area (Å²) in [4.78, 5) is 0.219. The van der Waals surface area contributed by atoms with Gasteiger partial charge in [0.1, 0.15) is 21.5 Å². The molecule has 3 aliphatic rings. The van der Waals surface area contributed by atoms with Crippen molar-refractivity contribution in [3.8, 4) is 0 Å². The first-order valence-electron chi connectivity index (χ1n) is 17.2. The Hall–Kier alpha value is 1.97. The van der Waals surface area contributed by atoms with Crippen LogP contribution in [0.3, 0.4) is 0 Å². The van der Waals surface area contributed by atoms with Crippen LogP contribution in [-0.4, -0.2) is 56.6 Å². The standard InChI is InChI=1S/C37H45NO12S4.3K/c1-25(11-8-14-30-28(13-6-7-22-52(40,41)42)29-19-17-26(51-50-49-39)23-31(29)36(30,2)3)12-9-15-34-37(4,5)32-24-27(53(43,44)45)18-20-33(32)38(34)21-10-16-35(38)54(46,47)48;;;/h8-9,11-12,14-15,17-20,23-24,35H,6-7,10,13,16,21-22H2,1-5H3,(H3-,39,40,41,42,43,44,45,46,47,48);;;/q;3*+1/p-3/b12-9?,14-8?,25-11?,34-15+;;;. The van der Waals surface area contributed by atoms with E-state index in [0.29, 0.717) is 47.7 Å². The summed E-state index contributed by atoms with van der Waals surface area (Å²) in [5.74, 6) is -0.450. The van der Waals surface area contributed by atoms with Gasteiger partial charge in [0.25, 0.3) is 0 Å². The maximum Gasteiger partial charge on any atom is 1.00 e. The van der Waals surface area contributed by atoms with Crippen molar-refractivity contribution in [2.45, 2.75) is 92.7 Å². The Balaban J connectivity index is 0.00000374. The van der Waals surface area contributed by atoms with Gasteiger partial charge in [-0.1, -0.05) is 55.9 Å². The molecular weight excluding hydrogens is 896 g/mol. The Kier molecular flexibility index (Phi) is 21.0. The molecule has 2 heterocycles. The van der Waals surface area contributed by atoms with Crippen molar-refractivity contribution in [3.63, 3.8) is 0 Å². The third-order valence-corrected chi connectivity index (χ3v) is 14.1. The first kappa shape index (κ1) is 55.1. The van der Waals surface area contributed by atoms with Crippen LogP contribution in [-0.2, 0) is 50.6 Å². The van der Waals surface area contributed by atoms with Gasteiger partial charge in [0.15, 0.2) is 15.5 Å². The van der Waals surface area contributed by atoms with Crippen molar-refractivity contribution in [2.24, 2.45) is 0 Å². The van der Waals surface area contributed by atoms with Gasteiger partial charge in [0, 0.05) is 40.5 Å². The van der Waals surface area contributed by atoms with Gasteiger partial charge in [-0.15, -0.1) is 0 Å². The van der Waals surface area contributed by atoms with Crippen LogP contribution in [0.25, 0.3) is 5.57 Å². The van der Waals surface area contributed by atoms with Crippen LogP contribution in [0.1, 0.15) is 83.4 Å². The van der Waals surface area contributed by atoms with E-state index in [2.05, 4.69) is 9.37 Å². The van der Waals surface area contributed by atoms with Crippen molar-refractivity contribution in [1.29, 1.82) is 0 Å². The van der Waals surface area contributed by atoms with Crippen LogP contribution in [0, 0.1) is 0 Å². The number of benzene rings is 2. The van der Waals surface area contributed by atoms with Crippen LogP contribution in [0.4, 0.5) is 5.69 Å². The van der Waals surface area contributed by atoms with E-state index >= 15 is 0 Å². The second kappa shape index (κ2) is 21.8. The molecule has 1 saturated heterocycles. The molecule has 1 aliphatic carbocycles. The molecule has 294 valence electrons. The molecule has 0 amide bonds. The van der Waals surface area contributed by atoms with E-state index in [1.165, 1.54) is 18.2 Å². The molecule has 0 aromatic heterocycles. The summed E-state index contributed by atoms with van der Waals surface area (Å²) in [5.41, 5.74) is 4.86. The molecule has 2 atom stereocenters. The molecule has 20 heteroatoms. The molecule has 2 aromatic rings. The van der Waals surface area contributed by atoms with Gasteiger partial charge >= 0.3 is 154 Å².